The first-order chi connectivity index (χ1) is 18.0. The summed E-state index contributed by atoms with van der Waals surface area (Å²) in [6, 6.07) is 12.4. The highest BCUT2D eigenvalue weighted by molar-refractivity contribution is 5.85. The van der Waals surface area contributed by atoms with Crippen LogP contribution >= 0.6 is 12.4 Å². The van der Waals surface area contributed by atoms with E-state index in [4.69, 9.17) is 5.10 Å². The Morgan fingerprint density at radius 1 is 0.895 bits per heavy atom. The maximum absolute atomic E-state index is 13.4. The molecule has 7 nitrogen and oxygen atoms in total. The van der Waals surface area contributed by atoms with Crippen LogP contribution in [0.4, 0.5) is 10.2 Å². The minimum atomic E-state index is -0.250. The first kappa shape index (κ1) is 27.7. The van der Waals surface area contributed by atoms with Gasteiger partial charge in [-0.15, -0.1) is 12.4 Å². The predicted octanol–water partition coefficient (Wildman–Crippen LogP) is 5.16. The van der Waals surface area contributed by atoms with Crippen LogP contribution in [0.25, 0.3) is 17.1 Å². The number of piperazine rings is 1. The molecule has 0 amide bonds. The largest absolute Gasteiger partial charge is 0.352 e. The fourth-order valence-electron chi connectivity index (χ4n) is 5.00. The Kier molecular flexibility index (Phi) is 9.07. The Hall–Kier alpha value is -3.36. The van der Waals surface area contributed by atoms with E-state index in [1.54, 1.807) is 24.5 Å². The molecule has 1 aliphatic heterocycles. The molecule has 1 fully saturated rings. The fraction of sp³-hybridized carbons (Fsp3) is 0.379. The van der Waals surface area contributed by atoms with Gasteiger partial charge in [0.2, 0.25) is 0 Å². The molecule has 5 rings (SSSR count). The van der Waals surface area contributed by atoms with Crippen LogP contribution in [0.3, 0.4) is 0 Å². The minimum Gasteiger partial charge on any atom is -0.352 e. The molecule has 0 bridgehead atoms. The van der Waals surface area contributed by atoms with Crippen molar-refractivity contribution in [2.45, 2.75) is 33.6 Å². The standard InChI is InChI=1S/C29H34FN7.ClH/c1-21(2)20-26-25(22(3)37(34-26)27-6-4-5-12-31-27)11-15-35-16-18-36(19-17-35)29-28(32-13-14-33-29)23-7-9-24(30)10-8-23;/h4-10,12-14,21H,11,15-20H2,1-3H3;1H. The first-order valence-corrected chi connectivity index (χ1v) is 13.0. The van der Waals surface area contributed by atoms with Crippen LogP contribution < -0.4 is 4.90 Å². The number of aromatic nitrogens is 5. The zero-order valence-corrected chi connectivity index (χ0v) is 23.0. The van der Waals surface area contributed by atoms with Gasteiger partial charge in [0.05, 0.1) is 5.69 Å². The number of anilines is 1. The van der Waals surface area contributed by atoms with E-state index in [1.807, 2.05) is 29.1 Å². The van der Waals surface area contributed by atoms with E-state index >= 15 is 0 Å². The quantitative estimate of drug-likeness (QED) is 0.311. The van der Waals surface area contributed by atoms with Crippen LogP contribution in [-0.2, 0) is 12.8 Å². The molecule has 9 heteroatoms. The number of rotatable bonds is 8. The van der Waals surface area contributed by atoms with Crippen molar-refractivity contribution in [3.63, 3.8) is 0 Å². The van der Waals surface area contributed by atoms with Crippen LogP contribution in [0.1, 0.15) is 30.8 Å². The zero-order chi connectivity index (χ0) is 25.8. The first-order valence-electron chi connectivity index (χ1n) is 13.0. The van der Waals surface area contributed by atoms with Crippen LogP contribution in [0, 0.1) is 18.7 Å². The molecular formula is C29H35ClFN7. The van der Waals surface area contributed by atoms with Crippen molar-refractivity contribution in [3.05, 3.63) is 83.8 Å². The molecule has 0 unspecified atom stereocenters. The predicted molar refractivity (Wildman–Crippen MR) is 152 cm³/mol. The van der Waals surface area contributed by atoms with E-state index in [1.165, 1.54) is 29.1 Å². The Labute approximate surface area is 230 Å². The third-order valence-electron chi connectivity index (χ3n) is 6.94. The van der Waals surface area contributed by atoms with Gasteiger partial charge in [-0.05, 0) is 67.6 Å². The Morgan fingerprint density at radius 2 is 1.63 bits per heavy atom. The topological polar surface area (TPSA) is 63.0 Å². The average Bonchev–Trinajstić information content (AvgIpc) is 3.22. The Balaban J connectivity index is 0.00000336. The number of hydrogen-bond donors (Lipinski definition) is 0. The van der Waals surface area contributed by atoms with E-state index in [9.17, 15) is 4.39 Å². The van der Waals surface area contributed by atoms with Gasteiger partial charge in [-0.1, -0.05) is 19.9 Å². The molecule has 0 spiro atoms. The smallest absolute Gasteiger partial charge is 0.155 e. The van der Waals surface area contributed by atoms with Crippen molar-refractivity contribution in [1.29, 1.82) is 0 Å². The molecule has 0 radical (unpaired) electrons. The molecule has 38 heavy (non-hydrogen) atoms. The van der Waals surface area contributed by atoms with Gasteiger partial charge >= 0.3 is 0 Å². The van der Waals surface area contributed by atoms with Gasteiger partial charge in [-0.3, -0.25) is 9.88 Å². The third kappa shape index (κ3) is 6.19. The number of halogens is 2. The summed E-state index contributed by atoms with van der Waals surface area (Å²) in [4.78, 5) is 18.5. The van der Waals surface area contributed by atoms with Gasteiger partial charge in [0.1, 0.15) is 11.5 Å². The highest BCUT2D eigenvalue weighted by Crippen LogP contribution is 2.28. The van der Waals surface area contributed by atoms with Crippen molar-refractivity contribution in [3.8, 4) is 17.1 Å². The molecule has 1 saturated heterocycles. The molecular weight excluding hydrogens is 501 g/mol. The molecule has 200 valence electrons. The second-order valence-electron chi connectivity index (χ2n) is 10.0. The van der Waals surface area contributed by atoms with Crippen molar-refractivity contribution >= 4 is 18.2 Å². The van der Waals surface area contributed by atoms with E-state index < -0.39 is 0 Å². The van der Waals surface area contributed by atoms with Crippen LogP contribution in [-0.4, -0.2) is 62.4 Å². The summed E-state index contributed by atoms with van der Waals surface area (Å²) in [5, 5.41) is 4.97. The highest BCUT2D eigenvalue weighted by Gasteiger charge is 2.23. The summed E-state index contributed by atoms with van der Waals surface area (Å²) in [6.07, 6.45) is 7.17. The lowest BCUT2D eigenvalue weighted by atomic mass is 10.0. The lowest BCUT2D eigenvalue weighted by Gasteiger charge is -2.36. The molecule has 1 aliphatic rings. The maximum Gasteiger partial charge on any atom is 0.155 e. The Bertz CT molecular complexity index is 1320. The molecule has 3 aromatic heterocycles. The van der Waals surface area contributed by atoms with Gasteiger partial charge in [0.15, 0.2) is 11.6 Å². The van der Waals surface area contributed by atoms with Crippen molar-refractivity contribution in [1.82, 2.24) is 29.6 Å². The summed E-state index contributed by atoms with van der Waals surface area (Å²) in [5.41, 5.74) is 5.38. The van der Waals surface area contributed by atoms with Crippen molar-refractivity contribution < 1.29 is 4.39 Å². The lowest BCUT2D eigenvalue weighted by molar-refractivity contribution is 0.260. The number of benzene rings is 1. The maximum atomic E-state index is 13.4. The third-order valence-corrected chi connectivity index (χ3v) is 6.94. The molecule has 0 atom stereocenters. The molecule has 4 aromatic rings. The monoisotopic (exact) mass is 535 g/mol. The van der Waals surface area contributed by atoms with Crippen molar-refractivity contribution in [2.75, 3.05) is 37.6 Å². The zero-order valence-electron chi connectivity index (χ0n) is 22.2. The number of nitrogens with zero attached hydrogens (tertiary/aromatic N) is 7. The second kappa shape index (κ2) is 12.5. The van der Waals surface area contributed by atoms with Gasteiger partial charge < -0.3 is 4.90 Å². The SMILES string of the molecule is Cc1c(CCN2CCN(c3nccnc3-c3ccc(F)cc3)CC2)c(CC(C)C)nn1-c1ccccn1.Cl. The fourth-order valence-corrected chi connectivity index (χ4v) is 5.00. The minimum absolute atomic E-state index is 0. The highest BCUT2D eigenvalue weighted by atomic mass is 35.5. The lowest BCUT2D eigenvalue weighted by Crippen LogP contribution is -2.47. The number of hydrogen-bond acceptors (Lipinski definition) is 6. The molecule has 0 aliphatic carbocycles. The van der Waals surface area contributed by atoms with Crippen LogP contribution in [0.5, 0.6) is 0 Å². The van der Waals surface area contributed by atoms with E-state index in [0.717, 1.165) is 68.5 Å². The summed E-state index contributed by atoms with van der Waals surface area (Å²) in [5.74, 6) is 2.02. The van der Waals surface area contributed by atoms with Crippen LogP contribution in [0.15, 0.2) is 61.1 Å². The van der Waals surface area contributed by atoms with E-state index in [0.29, 0.717) is 5.92 Å². The average molecular weight is 536 g/mol. The second-order valence-corrected chi connectivity index (χ2v) is 10.0. The van der Waals surface area contributed by atoms with Crippen molar-refractivity contribution in [2.24, 2.45) is 5.92 Å². The van der Waals surface area contributed by atoms with Gasteiger partial charge in [0, 0.05) is 62.6 Å². The van der Waals surface area contributed by atoms with E-state index in [-0.39, 0.29) is 18.2 Å². The van der Waals surface area contributed by atoms with Gasteiger partial charge in [0.25, 0.3) is 0 Å². The molecule has 0 saturated carbocycles. The molecule has 0 N–H and O–H groups in total. The van der Waals surface area contributed by atoms with Gasteiger partial charge in [-0.25, -0.2) is 19.0 Å². The van der Waals surface area contributed by atoms with E-state index in [2.05, 4.69) is 45.5 Å². The molecule has 1 aromatic carbocycles. The summed E-state index contributed by atoms with van der Waals surface area (Å²) in [7, 11) is 0. The normalized spacial score (nSPS) is 14.1. The summed E-state index contributed by atoms with van der Waals surface area (Å²) in [6.45, 7) is 11.3. The number of pyridine rings is 1. The summed E-state index contributed by atoms with van der Waals surface area (Å²) < 4.78 is 15.4. The molecule has 4 heterocycles. The van der Waals surface area contributed by atoms with Crippen LogP contribution in [0.2, 0.25) is 0 Å². The summed E-state index contributed by atoms with van der Waals surface area (Å²) >= 11 is 0. The van der Waals surface area contributed by atoms with Gasteiger partial charge in [-0.2, -0.15) is 5.10 Å². The Morgan fingerprint density at radius 3 is 2.32 bits per heavy atom.